The summed E-state index contributed by atoms with van der Waals surface area (Å²) in [6.45, 7) is 30.6. The molecule has 3 aromatic carbocycles. The molecular formula is C56H76B2N4O11. The maximum Gasteiger partial charge on any atom is 0.495 e. The van der Waals surface area contributed by atoms with Crippen LogP contribution in [0.5, 0.6) is 0 Å². The second-order valence-corrected chi connectivity index (χ2v) is 23.4. The van der Waals surface area contributed by atoms with Crippen molar-refractivity contribution in [2.24, 2.45) is 5.92 Å². The van der Waals surface area contributed by atoms with Crippen molar-refractivity contribution in [2.45, 2.75) is 170 Å². The Kier molecular flexibility index (Phi) is 16.4. The minimum atomic E-state index is -0.983. The normalized spacial score (nSPS) is 19.0. The fourth-order valence-corrected chi connectivity index (χ4v) is 9.14. The Bertz CT molecular complexity index is 2670. The van der Waals surface area contributed by atoms with Gasteiger partial charge in [-0.3, -0.25) is 34.8 Å². The van der Waals surface area contributed by atoms with Gasteiger partial charge in [-0.05, 0) is 182 Å². The van der Waals surface area contributed by atoms with E-state index in [0.29, 0.717) is 58.7 Å². The summed E-state index contributed by atoms with van der Waals surface area (Å²) in [4.78, 5) is 70.3. The minimum Gasteiger partial charge on any atom is -0.399 e. The summed E-state index contributed by atoms with van der Waals surface area (Å²) in [5.74, 6) is -1.77. The minimum absolute atomic E-state index is 0.104. The molecule has 0 spiro atoms. The Hall–Kier alpha value is -5.42. The van der Waals surface area contributed by atoms with Crippen LogP contribution in [0.15, 0.2) is 77.9 Å². The third-order valence-electron chi connectivity index (χ3n) is 14.8. The standard InChI is InChI=1S/C56H76B2N4O11/c1-34-25-35(2)28-41(27-34)49(67)62(60-47(65)38-19-20-40(33-63)44(31-38)57-70-53(9,10)54(11,12)71-57)52(7,8)24-23-37-26-36(3)29-42(30-37)48(66)61(51(4,5)6)59-46(64)39-21-22-43(50(68-17)69-18)45(32-39)58-72-55(13,14)56(15,16)73-58/h19-22,25-27,29-33,35,50H,23-24,28H2,1-18H3,(H,59,64)(H,60,65). The van der Waals surface area contributed by atoms with Gasteiger partial charge in [-0.15, -0.1) is 0 Å². The van der Waals surface area contributed by atoms with E-state index in [-0.39, 0.29) is 23.0 Å². The molecule has 2 saturated heterocycles. The number of nitrogens with zero attached hydrogens (tertiary/aromatic N) is 2. The van der Waals surface area contributed by atoms with E-state index in [2.05, 4.69) is 16.9 Å². The second-order valence-electron chi connectivity index (χ2n) is 23.4. The number of ether oxygens (including phenoxy) is 2. The van der Waals surface area contributed by atoms with E-state index in [1.165, 1.54) is 24.2 Å². The van der Waals surface area contributed by atoms with E-state index in [9.17, 15) is 24.0 Å². The molecule has 3 aromatic rings. The SMILES string of the molecule is COC(OC)c1ccc(C(=O)NN(C(=O)c2cc(C)cc(CCC(C)(C)N(NC(=O)c3ccc(C=O)c(B4OC(C)(C)C(C)(C)O4)c3)C(=O)C3=CC(C)=CC(C)C3)c2)C(C)(C)C)cc1B1OC(C)(C)C(C)(C)O1. The number of carbonyl (C=O) groups is 5. The Morgan fingerprint density at radius 3 is 1.73 bits per heavy atom. The molecule has 4 amide bonds. The molecule has 2 N–H and O–H groups in total. The molecule has 2 heterocycles. The molecule has 6 rings (SSSR count). The van der Waals surface area contributed by atoms with Gasteiger partial charge in [0, 0.05) is 47.6 Å². The number of nitrogens with one attached hydrogen (secondary N) is 2. The predicted molar refractivity (Wildman–Crippen MR) is 283 cm³/mol. The van der Waals surface area contributed by atoms with Crippen LogP contribution in [0, 0.1) is 12.8 Å². The zero-order valence-corrected chi connectivity index (χ0v) is 46.2. The van der Waals surface area contributed by atoms with Gasteiger partial charge in [0.15, 0.2) is 6.29 Å². The van der Waals surface area contributed by atoms with Crippen LogP contribution >= 0.6 is 0 Å². The fraction of sp³-hybridized carbons (Fsp3) is 0.518. The number of hydrogen-bond donors (Lipinski definition) is 2. The maximum atomic E-state index is 14.7. The molecule has 0 aromatic heterocycles. The first-order valence-corrected chi connectivity index (χ1v) is 25.0. The van der Waals surface area contributed by atoms with Crippen molar-refractivity contribution in [3.05, 3.63) is 117 Å². The van der Waals surface area contributed by atoms with Crippen molar-refractivity contribution in [2.75, 3.05) is 14.2 Å². The van der Waals surface area contributed by atoms with Gasteiger partial charge in [0.05, 0.1) is 33.5 Å². The van der Waals surface area contributed by atoms with E-state index in [4.69, 9.17) is 28.1 Å². The van der Waals surface area contributed by atoms with Gasteiger partial charge in [0.2, 0.25) is 0 Å². The molecule has 2 aliphatic heterocycles. The highest BCUT2D eigenvalue weighted by atomic mass is 16.7. The van der Waals surface area contributed by atoms with Crippen molar-refractivity contribution in [1.29, 1.82) is 0 Å². The molecule has 2 fully saturated rings. The van der Waals surface area contributed by atoms with Crippen LogP contribution in [0.4, 0.5) is 0 Å². The lowest BCUT2D eigenvalue weighted by atomic mass is 9.75. The van der Waals surface area contributed by atoms with Crippen molar-refractivity contribution < 1.29 is 52.1 Å². The summed E-state index contributed by atoms with van der Waals surface area (Å²) < 4.78 is 36.6. The van der Waals surface area contributed by atoms with Crippen molar-refractivity contribution >= 4 is 55.1 Å². The zero-order chi connectivity index (χ0) is 54.4. The third-order valence-corrected chi connectivity index (χ3v) is 14.8. The van der Waals surface area contributed by atoms with Crippen LogP contribution in [0.25, 0.3) is 0 Å². The average molecular weight is 1000 g/mol. The highest BCUT2D eigenvalue weighted by Crippen LogP contribution is 2.39. The summed E-state index contributed by atoms with van der Waals surface area (Å²) >= 11 is 0. The number of hydrogen-bond acceptors (Lipinski definition) is 11. The third kappa shape index (κ3) is 12.2. The van der Waals surface area contributed by atoms with Crippen molar-refractivity contribution in [3.63, 3.8) is 0 Å². The van der Waals surface area contributed by atoms with Gasteiger partial charge in [-0.2, -0.15) is 0 Å². The first kappa shape index (κ1) is 56.9. The van der Waals surface area contributed by atoms with E-state index in [0.717, 1.165) is 16.7 Å². The van der Waals surface area contributed by atoms with Gasteiger partial charge >= 0.3 is 14.2 Å². The molecular weight excluding hydrogens is 926 g/mol. The highest BCUT2D eigenvalue weighted by molar-refractivity contribution is 6.63. The van der Waals surface area contributed by atoms with Gasteiger partial charge in [0.1, 0.15) is 6.29 Å². The van der Waals surface area contributed by atoms with Crippen LogP contribution in [-0.4, -0.2) is 102 Å². The molecule has 3 aliphatic rings. The average Bonchev–Trinajstić information content (AvgIpc) is 3.66. The van der Waals surface area contributed by atoms with Crippen LogP contribution < -0.4 is 21.8 Å². The van der Waals surface area contributed by atoms with Crippen molar-refractivity contribution in [3.8, 4) is 0 Å². The Morgan fingerprint density at radius 2 is 1.22 bits per heavy atom. The molecule has 392 valence electrons. The number of carbonyl (C=O) groups excluding carboxylic acids is 5. The molecule has 17 heteroatoms. The maximum absolute atomic E-state index is 14.7. The van der Waals surface area contributed by atoms with E-state index < -0.39 is 71.7 Å². The number of aryl methyl sites for hydroxylation is 2. The molecule has 15 nitrogen and oxygen atoms in total. The summed E-state index contributed by atoms with van der Waals surface area (Å²) in [5, 5.41) is 2.74. The second kappa shape index (κ2) is 21.1. The fourth-order valence-electron chi connectivity index (χ4n) is 9.14. The molecule has 1 atom stereocenters. The van der Waals surface area contributed by atoms with Crippen LogP contribution in [0.3, 0.4) is 0 Å². The molecule has 1 unspecified atom stereocenters. The van der Waals surface area contributed by atoms with Gasteiger partial charge < -0.3 is 28.1 Å². The summed E-state index contributed by atoms with van der Waals surface area (Å²) in [7, 11) is 1.31. The first-order chi connectivity index (χ1) is 33.7. The molecule has 0 radical (unpaired) electrons. The molecule has 1 aliphatic carbocycles. The van der Waals surface area contributed by atoms with E-state index in [1.807, 2.05) is 123 Å². The number of aldehydes is 1. The number of rotatable bonds is 14. The zero-order valence-electron chi connectivity index (χ0n) is 46.2. The molecule has 0 saturated carbocycles. The Balaban J connectivity index is 1.26. The predicted octanol–water partition coefficient (Wildman–Crippen LogP) is 8.08. The summed E-state index contributed by atoms with van der Waals surface area (Å²) in [5.41, 5.74) is 7.13. The Morgan fingerprint density at radius 1 is 0.712 bits per heavy atom. The smallest absolute Gasteiger partial charge is 0.399 e. The van der Waals surface area contributed by atoms with E-state index in [1.54, 1.807) is 48.5 Å². The lowest BCUT2D eigenvalue weighted by molar-refractivity contribution is -0.136. The topological polar surface area (TPSA) is 171 Å². The summed E-state index contributed by atoms with van der Waals surface area (Å²) in [6.07, 6.45) is 5.16. The number of amides is 4. The monoisotopic (exact) mass is 1000 g/mol. The summed E-state index contributed by atoms with van der Waals surface area (Å²) in [6, 6.07) is 15.3. The van der Waals surface area contributed by atoms with Gasteiger partial charge in [-0.1, -0.05) is 48.4 Å². The van der Waals surface area contributed by atoms with Crippen molar-refractivity contribution in [1.82, 2.24) is 20.9 Å². The van der Waals surface area contributed by atoms with Gasteiger partial charge in [0.25, 0.3) is 23.6 Å². The number of allylic oxidation sites excluding steroid dienone is 3. The van der Waals surface area contributed by atoms with E-state index >= 15 is 0 Å². The highest BCUT2D eigenvalue weighted by Gasteiger charge is 2.54. The van der Waals surface area contributed by atoms with Gasteiger partial charge in [-0.25, -0.2) is 10.0 Å². The quantitative estimate of drug-likeness (QED) is 0.0693. The lowest BCUT2D eigenvalue weighted by Crippen LogP contribution is -2.58. The van der Waals surface area contributed by atoms with Crippen LogP contribution in [0.1, 0.15) is 181 Å². The number of hydrazine groups is 2. The first-order valence-electron chi connectivity index (χ1n) is 25.0. The molecule has 0 bridgehead atoms. The van der Waals surface area contributed by atoms with Crippen LogP contribution in [-0.2, 0) is 39.3 Å². The molecule has 73 heavy (non-hydrogen) atoms. The lowest BCUT2D eigenvalue weighted by Gasteiger charge is -2.39. The number of methoxy groups -OCH3 is 2. The number of benzene rings is 3. The van der Waals surface area contributed by atoms with Crippen LogP contribution in [0.2, 0.25) is 0 Å². The largest absolute Gasteiger partial charge is 0.495 e. The Labute approximate surface area is 433 Å².